The number of hydrogen-bond acceptors (Lipinski definition) is 4. The summed E-state index contributed by atoms with van der Waals surface area (Å²) in [7, 11) is 0. The van der Waals surface area contributed by atoms with Crippen LogP contribution in [0.25, 0.3) is 0 Å². The van der Waals surface area contributed by atoms with Crippen molar-refractivity contribution >= 4 is 5.91 Å². The summed E-state index contributed by atoms with van der Waals surface area (Å²) in [6.07, 6.45) is 3.09. The molecule has 0 unspecified atom stereocenters. The zero-order chi connectivity index (χ0) is 14.3. The summed E-state index contributed by atoms with van der Waals surface area (Å²) in [4.78, 5) is 11.8. The van der Waals surface area contributed by atoms with Crippen LogP contribution in [-0.4, -0.2) is 44.4 Å². The maximum absolute atomic E-state index is 11.8. The summed E-state index contributed by atoms with van der Waals surface area (Å²) in [5, 5.41) is 2.86. The Morgan fingerprint density at radius 1 is 1.42 bits per heavy atom. The Bertz CT molecular complexity index is 270. The summed E-state index contributed by atoms with van der Waals surface area (Å²) in [6, 6.07) is -0.469. The van der Waals surface area contributed by atoms with Gasteiger partial charge in [-0.15, -0.1) is 0 Å². The van der Waals surface area contributed by atoms with Crippen LogP contribution in [0.1, 0.15) is 40.0 Å². The predicted octanol–water partition coefficient (Wildman–Crippen LogP) is 1.06. The van der Waals surface area contributed by atoms with Crippen molar-refractivity contribution in [1.29, 1.82) is 0 Å². The van der Waals surface area contributed by atoms with Crippen LogP contribution in [-0.2, 0) is 14.3 Å². The highest BCUT2D eigenvalue weighted by atomic mass is 16.5. The minimum absolute atomic E-state index is 0.0847. The number of carbonyl (C=O) groups excluding carboxylic acids is 1. The minimum atomic E-state index is -0.469. The lowest BCUT2D eigenvalue weighted by Crippen LogP contribution is -2.48. The van der Waals surface area contributed by atoms with Crippen LogP contribution in [0, 0.1) is 5.41 Å². The third-order valence-corrected chi connectivity index (χ3v) is 3.36. The van der Waals surface area contributed by atoms with Gasteiger partial charge in [0.25, 0.3) is 0 Å². The first kappa shape index (κ1) is 16.4. The molecule has 1 rings (SSSR count). The molecular weight excluding hydrogens is 244 g/mol. The molecule has 0 spiro atoms. The van der Waals surface area contributed by atoms with Crippen LogP contribution >= 0.6 is 0 Å². The fourth-order valence-electron chi connectivity index (χ4n) is 1.88. The summed E-state index contributed by atoms with van der Waals surface area (Å²) in [6.45, 7) is 8.77. The average molecular weight is 272 g/mol. The van der Waals surface area contributed by atoms with Gasteiger partial charge in [-0.2, -0.15) is 0 Å². The lowest BCUT2D eigenvalue weighted by Gasteiger charge is -2.26. The molecule has 1 saturated heterocycles. The molecule has 0 saturated carbocycles. The second-order valence-electron chi connectivity index (χ2n) is 6.17. The van der Waals surface area contributed by atoms with Gasteiger partial charge in [0.2, 0.25) is 5.91 Å². The van der Waals surface area contributed by atoms with Gasteiger partial charge in [0.1, 0.15) is 0 Å². The smallest absolute Gasteiger partial charge is 0.237 e. The van der Waals surface area contributed by atoms with Crippen molar-refractivity contribution in [3.63, 3.8) is 0 Å². The van der Waals surface area contributed by atoms with Gasteiger partial charge in [-0.1, -0.05) is 20.8 Å². The van der Waals surface area contributed by atoms with Crippen LogP contribution in [0.2, 0.25) is 0 Å². The topological polar surface area (TPSA) is 73.6 Å². The highest BCUT2D eigenvalue weighted by molar-refractivity contribution is 5.82. The van der Waals surface area contributed by atoms with Crippen LogP contribution in [0.15, 0.2) is 0 Å². The van der Waals surface area contributed by atoms with Crippen LogP contribution < -0.4 is 11.1 Å². The van der Waals surface area contributed by atoms with Crippen molar-refractivity contribution in [1.82, 2.24) is 5.32 Å². The van der Waals surface area contributed by atoms with Crippen LogP contribution in [0.3, 0.4) is 0 Å². The fourth-order valence-corrected chi connectivity index (χ4v) is 1.88. The summed E-state index contributed by atoms with van der Waals surface area (Å²) >= 11 is 0. The van der Waals surface area contributed by atoms with E-state index in [1.807, 2.05) is 20.8 Å². The van der Waals surface area contributed by atoms with Gasteiger partial charge in [-0.05, 0) is 24.7 Å². The molecule has 1 fully saturated rings. The van der Waals surface area contributed by atoms with Crippen molar-refractivity contribution in [2.45, 2.75) is 52.2 Å². The predicted molar refractivity (Wildman–Crippen MR) is 74.9 cm³/mol. The molecule has 0 aromatic rings. The van der Waals surface area contributed by atoms with Gasteiger partial charge < -0.3 is 20.5 Å². The zero-order valence-corrected chi connectivity index (χ0v) is 12.4. The number of nitrogens with one attached hydrogen (secondary N) is 1. The summed E-state index contributed by atoms with van der Waals surface area (Å²) in [5.74, 6) is -0.0847. The van der Waals surface area contributed by atoms with Gasteiger partial charge in [0, 0.05) is 26.4 Å². The van der Waals surface area contributed by atoms with Crippen molar-refractivity contribution < 1.29 is 14.3 Å². The summed E-state index contributed by atoms with van der Waals surface area (Å²) < 4.78 is 11.0. The monoisotopic (exact) mass is 272 g/mol. The van der Waals surface area contributed by atoms with Gasteiger partial charge in [-0.25, -0.2) is 0 Å². The largest absolute Gasteiger partial charge is 0.381 e. The molecule has 0 aliphatic carbocycles. The van der Waals surface area contributed by atoms with E-state index in [0.29, 0.717) is 19.3 Å². The van der Waals surface area contributed by atoms with Gasteiger partial charge in [-0.3, -0.25) is 4.79 Å². The first-order valence-electron chi connectivity index (χ1n) is 7.14. The second kappa shape index (κ2) is 7.82. The highest BCUT2D eigenvalue weighted by Crippen LogP contribution is 2.17. The Hall–Kier alpha value is -0.650. The molecule has 0 aromatic carbocycles. The van der Waals surface area contributed by atoms with Crippen LogP contribution in [0.4, 0.5) is 0 Å². The number of carbonyl (C=O) groups is 1. The average Bonchev–Trinajstić information content (AvgIpc) is 2.37. The second-order valence-corrected chi connectivity index (χ2v) is 6.17. The Balaban J connectivity index is 2.05. The Kier molecular flexibility index (Phi) is 6.75. The van der Waals surface area contributed by atoms with Gasteiger partial charge in [0.05, 0.1) is 12.1 Å². The number of hydrogen-bond donors (Lipinski definition) is 2. The quantitative estimate of drug-likeness (QED) is 0.709. The molecule has 5 heteroatoms. The molecule has 0 bridgehead atoms. The Morgan fingerprint density at radius 3 is 2.63 bits per heavy atom. The minimum Gasteiger partial charge on any atom is -0.381 e. The number of rotatable bonds is 6. The molecule has 1 heterocycles. The van der Waals surface area contributed by atoms with Crippen molar-refractivity contribution in [2.75, 3.05) is 26.4 Å². The molecule has 0 aromatic heterocycles. The molecule has 0 radical (unpaired) electrons. The van der Waals surface area contributed by atoms with E-state index in [1.165, 1.54) is 0 Å². The number of amides is 1. The third-order valence-electron chi connectivity index (χ3n) is 3.36. The zero-order valence-electron chi connectivity index (χ0n) is 12.4. The molecule has 1 atom stereocenters. The van der Waals surface area contributed by atoms with E-state index < -0.39 is 6.04 Å². The first-order valence-corrected chi connectivity index (χ1v) is 7.14. The summed E-state index contributed by atoms with van der Waals surface area (Å²) in [5.41, 5.74) is 5.66. The normalized spacial score (nSPS) is 19.2. The fraction of sp³-hybridized carbons (Fsp3) is 0.929. The number of ether oxygens (including phenoxy) is 2. The highest BCUT2D eigenvalue weighted by Gasteiger charge is 2.26. The third kappa shape index (κ3) is 6.36. The van der Waals surface area contributed by atoms with E-state index >= 15 is 0 Å². The van der Waals surface area contributed by atoms with E-state index in [0.717, 1.165) is 32.5 Å². The van der Waals surface area contributed by atoms with E-state index in [1.54, 1.807) is 0 Å². The molecule has 1 aliphatic heterocycles. The Morgan fingerprint density at radius 2 is 2.05 bits per heavy atom. The molecule has 5 nitrogen and oxygen atoms in total. The Labute approximate surface area is 116 Å². The molecule has 112 valence electrons. The lowest BCUT2D eigenvalue weighted by atomic mass is 9.87. The maximum atomic E-state index is 11.8. The molecule has 1 amide bonds. The van der Waals surface area contributed by atoms with E-state index in [2.05, 4.69) is 5.32 Å². The van der Waals surface area contributed by atoms with Gasteiger partial charge >= 0.3 is 0 Å². The van der Waals surface area contributed by atoms with Gasteiger partial charge in [0.15, 0.2) is 0 Å². The number of nitrogens with two attached hydrogens (primary N) is 1. The molecule has 19 heavy (non-hydrogen) atoms. The van der Waals surface area contributed by atoms with Crippen LogP contribution in [0.5, 0.6) is 0 Å². The van der Waals surface area contributed by atoms with E-state index in [9.17, 15) is 4.79 Å². The van der Waals surface area contributed by atoms with E-state index in [4.69, 9.17) is 15.2 Å². The maximum Gasteiger partial charge on any atom is 0.237 e. The molecule has 3 N–H and O–H groups in total. The van der Waals surface area contributed by atoms with Crippen molar-refractivity contribution in [3.05, 3.63) is 0 Å². The van der Waals surface area contributed by atoms with Crippen molar-refractivity contribution in [3.8, 4) is 0 Å². The molecule has 1 aliphatic rings. The standard InChI is InChI=1S/C14H28N2O3/c1-14(2,3)12(15)13(17)16-7-4-8-19-11-5-9-18-10-6-11/h11-12H,4-10,15H2,1-3H3,(H,16,17)/t12-/m1/s1. The van der Waals surface area contributed by atoms with Crippen molar-refractivity contribution in [2.24, 2.45) is 11.1 Å². The SMILES string of the molecule is CC(C)(C)[C@H](N)C(=O)NCCCOC1CCOCC1. The molecular formula is C14H28N2O3. The first-order chi connectivity index (χ1) is 8.91. The lowest BCUT2D eigenvalue weighted by molar-refractivity contribution is -0.124. The van der Waals surface area contributed by atoms with E-state index in [-0.39, 0.29) is 11.3 Å².